The van der Waals surface area contributed by atoms with Gasteiger partial charge in [0.1, 0.15) is 11.2 Å². The zero-order valence-electron chi connectivity index (χ0n) is 17.9. The number of hydrogen-bond donors (Lipinski definition) is 1. The first-order valence-electron chi connectivity index (χ1n) is 10.4. The molecule has 2 aromatic heterocycles. The number of aryl methyl sites for hydroxylation is 4. The molecule has 4 aromatic rings. The summed E-state index contributed by atoms with van der Waals surface area (Å²) in [5, 5.41) is 7.54. The second kappa shape index (κ2) is 8.55. The zero-order chi connectivity index (χ0) is 22.0. The van der Waals surface area contributed by atoms with Crippen LogP contribution in [-0.2, 0) is 17.8 Å². The van der Waals surface area contributed by atoms with E-state index in [1.165, 1.54) is 0 Å². The summed E-state index contributed by atoms with van der Waals surface area (Å²) in [6.07, 6.45) is 0.445. The van der Waals surface area contributed by atoms with Crippen molar-refractivity contribution in [1.82, 2.24) is 19.3 Å². The Labute approximate surface area is 180 Å². The van der Waals surface area contributed by atoms with Crippen molar-refractivity contribution in [2.45, 2.75) is 40.2 Å². The Hall–Kier alpha value is -3.74. The lowest BCUT2D eigenvalue weighted by Gasteiger charge is -2.11. The van der Waals surface area contributed by atoms with Crippen LogP contribution in [0.1, 0.15) is 30.3 Å². The van der Waals surface area contributed by atoms with Crippen LogP contribution in [0.25, 0.3) is 16.9 Å². The first-order chi connectivity index (χ1) is 15.0. The third kappa shape index (κ3) is 3.99. The molecule has 7 nitrogen and oxygen atoms in total. The highest BCUT2D eigenvalue weighted by molar-refractivity contribution is 5.91. The summed E-state index contributed by atoms with van der Waals surface area (Å²) in [6, 6.07) is 17.3. The smallest absolute Gasteiger partial charge is 0.273 e. The Bertz CT molecular complexity index is 1310. The minimum atomic E-state index is -0.184. The van der Waals surface area contributed by atoms with Gasteiger partial charge in [-0.15, -0.1) is 0 Å². The van der Waals surface area contributed by atoms with E-state index in [-0.39, 0.29) is 24.3 Å². The van der Waals surface area contributed by atoms with Crippen molar-refractivity contribution in [2.24, 2.45) is 0 Å². The second-order valence-corrected chi connectivity index (χ2v) is 7.48. The fraction of sp³-hybridized carbons (Fsp3) is 0.250. The number of carbonyl (C=O) groups excluding carboxylic acids is 1. The molecule has 0 unspecified atom stereocenters. The largest absolute Gasteiger partial charge is 0.326 e. The molecule has 7 heteroatoms. The molecule has 4 rings (SSSR count). The summed E-state index contributed by atoms with van der Waals surface area (Å²) in [5.74, 6) is -0.143. The molecular weight excluding hydrogens is 390 g/mol. The molecule has 0 bridgehead atoms. The van der Waals surface area contributed by atoms with Gasteiger partial charge in [0.05, 0.1) is 11.4 Å². The molecule has 0 saturated carbocycles. The number of nitrogens with zero attached hydrogens (tertiary/aromatic N) is 4. The maximum Gasteiger partial charge on any atom is 0.273 e. The molecule has 0 aliphatic rings. The van der Waals surface area contributed by atoms with Gasteiger partial charge in [-0.3, -0.25) is 14.2 Å². The van der Waals surface area contributed by atoms with Crippen LogP contribution < -0.4 is 10.9 Å². The number of hydrogen-bond acceptors (Lipinski definition) is 4. The average molecular weight is 415 g/mol. The monoisotopic (exact) mass is 415 g/mol. The lowest BCUT2D eigenvalue weighted by molar-refractivity contribution is -0.116. The number of benzene rings is 2. The lowest BCUT2D eigenvalue weighted by Crippen LogP contribution is -2.27. The predicted molar refractivity (Wildman–Crippen MR) is 122 cm³/mol. The van der Waals surface area contributed by atoms with E-state index in [0.717, 1.165) is 22.6 Å². The van der Waals surface area contributed by atoms with Gasteiger partial charge in [-0.2, -0.15) is 5.10 Å². The minimum absolute atomic E-state index is 0.143. The Kier molecular flexibility index (Phi) is 5.66. The summed E-state index contributed by atoms with van der Waals surface area (Å²) in [6.45, 7) is 6.23. The summed E-state index contributed by atoms with van der Waals surface area (Å²) in [5.41, 5.74) is 4.93. The number of anilines is 1. The molecule has 2 aromatic carbocycles. The fourth-order valence-electron chi connectivity index (χ4n) is 3.68. The lowest BCUT2D eigenvalue weighted by atomic mass is 10.2. The zero-order valence-corrected chi connectivity index (χ0v) is 17.9. The topological polar surface area (TPSA) is 81.8 Å². The number of carbonyl (C=O) groups is 1. The standard InChI is InChI=1S/C24H25N5O2/c1-4-28-23-22(17(3)27-29(23)18-11-6-5-7-12-18)26-20(24(28)31)14-15-21(30)25-19-13-9-8-10-16(19)2/h5-13H,4,14-15H2,1-3H3,(H,25,30). The minimum Gasteiger partial charge on any atom is -0.326 e. The highest BCUT2D eigenvalue weighted by atomic mass is 16.1. The van der Waals surface area contributed by atoms with Crippen molar-refractivity contribution in [3.8, 4) is 5.69 Å². The quantitative estimate of drug-likeness (QED) is 0.519. The molecule has 0 radical (unpaired) electrons. The first kappa shape index (κ1) is 20.5. The van der Waals surface area contributed by atoms with Crippen molar-refractivity contribution in [3.05, 3.63) is 81.9 Å². The van der Waals surface area contributed by atoms with E-state index in [1.54, 1.807) is 9.25 Å². The number of nitrogens with one attached hydrogen (secondary N) is 1. The van der Waals surface area contributed by atoms with E-state index in [4.69, 9.17) is 0 Å². The highest BCUT2D eigenvalue weighted by Gasteiger charge is 2.19. The Morgan fingerprint density at radius 2 is 1.74 bits per heavy atom. The third-order valence-electron chi connectivity index (χ3n) is 5.32. The summed E-state index contributed by atoms with van der Waals surface area (Å²) in [4.78, 5) is 30.2. The number of amides is 1. The van der Waals surface area contributed by atoms with E-state index < -0.39 is 0 Å². The molecule has 158 valence electrons. The maximum atomic E-state index is 13.2. The van der Waals surface area contributed by atoms with Crippen LogP contribution in [0.2, 0.25) is 0 Å². The highest BCUT2D eigenvalue weighted by Crippen LogP contribution is 2.20. The van der Waals surface area contributed by atoms with Gasteiger partial charge in [0.2, 0.25) is 5.91 Å². The SMILES string of the molecule is CCn1c(=O)c(CCC(=O)Nc2ccccc2C)nc2c(C)nn(-c3ccccc3)c21. The van der Waals surface area contributed by atoms with Crippen LogP contribution in [0.4, 0.5) is 5.69 Å². The summed E-state index contributed by atoms with van der Waals surface area (Å²) < 4.78 is 3.45. The van der Waals surface area contributed by atoms with Gasteiger partial charge >= 0.3 is 0 Å². The van der Waals surface area contributed by atoms with Crippen molar-refractivity contribution in [3.63, 3.8) is 0 Å². The third-order valence-corrected chi connectivity index (χ3v) is 5.32. The Balaban J connectivity index is 1.66. The van der Waals surface area contributed by atoms with Gasteiger partial charge in [-0.05, 0) is 44.5 Å². The van der Waals surface area contributed by atoms with Crippen molar-refractivity contribution in [1.29, 1.82) is 0 Å². The molecule has 2 heterocycles. The van der Waals surface area contributed by atoms with Crippen LogP contribution >= 0.6 is 0 Å². The molecule has 0 spiro atoms. The van der Waals surface area contributed by atoms with Crippen LogP contribution in [-0.4, -0.2) is 25.2 Å². The van der Waals surface area contributed by atoms with Crippen LogP contribution in [0.15, 0.2) is 59.4 Å². The predicted octanol–water partition coefficient (Wildman–Crippen LogP) is 3.79. The number of rotatable bonds is 6. The van der Waals surface area contributed by atoms with Gasteiger partial charge in [-0.25, -0.2) is 9.67 Å². The Morgan fingerprint density at radius 3 is 2.45 bits per heavy atom. The molecular formula is C24H25N5O2. The van der Waals surface area contributed by atoms with Crippen LogP contribution in [0.3, 0.4) is 0 Å². The number of aromatic nitrogens is 4. The second-order valence-electron chi connectivity index (χ2n) is 7.48. The number of para-hydroxylation sites is 2. The van der Waals surface area contributed by atoms with Crippen LogP contribution in [0.5, 0.6) is 0 Å². The molecule has 1 N–H and O–H groups in total. The van der Waals surface area contributed by atoms with Crippen molar-refractivity contribution in [2.75, 3.05) is 5.32 Å². The van der Waals surface area contributed by atoms with E-state index in [9.17, 15) is 9.59 Å². The van der Waals surface area contributed by atoms with Gasteiger partial charge in [-0.1, -0.05) is 36.4 Å². The van der Waals surface area contributed by atoms with Gasteiger partial charge < -0.3 is 5.32 Å². The average Bonchev–Trinajstić information content (AvgIpc) is 3.10. The van der Waals surface area contributed by atoms with Crippen molar-refractivity contribution >= 4 is 22.8 Å². The van der Waals surface area contributed by atoms with E-state index in [1.807, 2.05) is 75.4 Å². The number of fused-ring (bicyclic) bond motifs is 1. The van der Waals surface area contributed by atoms with Crippen molar-refractivity contribution < 1.29 is 4.79 Å². The van der Waals surface area contributed by atoms with Gasteiger partial charge in [0, 0.05) is 25.1 Å². The summed E-state index contributed by atoms with van der Waals surface area (Å²) in [7, 11) is 0. The molecule has 1 amide bonds. The normalized spacial score (nSPS) is 11.1. The molecule has 0 aliphatic carbocycles. The Morgan fingerprint density at radius 1 is 1.03 bits per heavy atom. The molecule has 0 fully saturated rings. The maximum absolute atomic E-state index is 13.2. The first-order valence-corrected chi connectivity index (χ1v) is 10.4. The van der Waals surface area contributed by atoms with Gasteiger partial charge in [0.15, 0.2) is 5.65 Å². The van der Waals surface area contributed by atoms with Gasteiger partial charge in [0.25, 0.3) is 5.56 Å². The molecule has 0 saturated heterocycles. The van der Waals surface area contributed by atoms with E-state index in [2.05, 4.69) is 15.4 Å². The van der Waals surface area contributed by atoms with Crippen LogP contribution in [0, 0.1) is 13.8 Å². The molecule has 31 heavy (non-hydrogen) atoms. The summed E-state index contributed by atoms with van der Waals surface area (Å²) >= 11 is 0. The molecule has 0 atom stereocenters. The van der Waals surface area contributed by atoms with E-state index >= 15 is 0 Å². The molecule has 0 aliphatic heterocycles. The fourth-order valence-corrected chi connectivity index (χ4v) is 3.68. The van der Waals surface area contributed by atoms with E-state index in [0.29, 0.717) is 23.4 Å².